The van der Waals surface area contributed by atoms with Crippen molar-refractivity contribution in [2.24, 2.45) is 5.92 Å². The molecule has 0 spiro atoms. The number of likely N-dealkylation sites (tertiary alicyclic amines) is 1. The van der Waals surface area contributed by atoms with E-state index in [0.29, 0.717) is 26.1 Å². The minimum Gasteiger partial charge on any atom is -0.493 e. The number of hydrogen-bond acceptors (Lipinski definition) is 5. The van der Waals surface area contributed by atoms with E-state index in [-0.39, 0.29) is 17.7 Å². The molecule has 0 bridgehead atoms. The number of ether oxygens (including phenoxy) is 1. The number of hydrogen-bond donors (Lipinski definition) is 1. The lowest BCUT2D eigenvalue weighted by Crippen LogP contribution is -2.47. The maximum Gasteiger partial charge on any atom is 0.226 e. The Hall–Kier alpha value is -2.12. The normalized spacial score (nSPS) is 20.4. The first-order valence-electron chi connectivity index (χ1n) is 11.8. The second-order valence-electron chi connectivity index (χ2n) is 8.51. The number of nitrogens with one attached hydrogen (secondary N) is 1. The molecular formula is C24H38N4O3. The second-order valence-corrected chi connectivity index (χ2v) is 8.51. The molecule has 2 heterocycles. The monoisotopic (exact) mass is 430 g/mol. The molecule has 0 saturated carbocycles. The van der Waals surface area contributed by atoms with Crippen molar-refractivity contribution in [2.75, 3.05) is 65.5 Å². The van der Waals surface area contributed by atoms with Gasteiger partial charge in [-0.1, -0.05) is 25.1 Å². The van der Waals surface area contributed by atoms with Gasteiger partial charge in [0.25, 0.3) is 0 Å². The summed E-state index contributed by atoms with van der Waals surface area (Å²) in [5, 5.41) is 3.10. The van der Waals surface area contributed by atoms with E-state index in [1.807, 2.05) is 35.2 Å². The number of amides is 2. The zero-order chi connectivity index (χ0) is 21.9. The van der Waals surface area contributed by atoms with E-state index in [1.165, 1.54) is 0 Å². The Bertz CT molecular complexity index is 677. The van der Waals surface area contributed by atoms with Crippen LogP contribution >= 0.6 is 0 Å². The van der Waals surface area contributed by atoms with Crippen molar-refractivity contribution in [3.05, 3.63) is 30.3 Å². The van der Waals surface area contributed by atoms with Gasteiger partial charge in [-0.3, -0.25) is 9.59 Å². The van der Waals surface area contributed by atoms with Crippen molar-refractivity contribution in [1.82, 2.24) is 20.0 Å². The minimum atomic E-state index is -0.0964. The summed E-state index contributed by atoms with van der Waals surface area (Å²) in [6.45, 7) is 11.2. The highest BCUT2D eigenvalue weighted by molar-refractivity contribution is 5.81. The van der Waals surface area contributed by atoms with E-state index in [1.54, 1.807) is 0 Å². The maximum absolute atomic E-state index is 12.6. The molecule has 31 heavy (non-hydrogen) atoms. The van der Waals surface area contributed by atoms with Crippen molar-refractivity contribution in [2.45, 2.75) is 32.6 Å². The Morgan fingerprint density at radius 2 is 1.81 bits per heavy atom. The molecule has 2 aliphatic rings. The van der Waals surface area contributed by atoms with Gasteiger partial charge in [-0.2, -0.15) is 0 Å². The van der Waals surface area contributed by atoms with Crippen LogP contribution in [0.3, 0.4) is 0 Å². The third kappa shape index (κ3) is 7.82. The molecule has 2 saturated heterocycles. The molecule has 1 aromatic rings. The van der Waals surface area contributed by atoms with Crippen LogP contribution in [0.25, 0.3) is 0 Å². The van der Waals surface area contributed by atoms with Crippen molar-refractivity contribution >= 4 is 11.8 Å². The summed E-state index contributed by atoms with van der Waals surface area (Å²) >= 11 is 0. The van der Waals surface area contributed by atoms with E-state index >= 15 is 0 Å². The van der Waals surface area contributed by atoms with Gasteiger partial charge in [0.05, 0.1) is 18.9 Å². The highest BCUT2D eigenvalue weighted by Gasteiger charge is 2.28. The fourth-order valence-electron chi connectivity index (χ4n) is 4.34. The van der Waals surface area contributed by atoms with Gasteiger partial charge in [-0.25, -0.2) is 0 Å². The number of carbonyl (C=O) groups is 2. The van der Waals surface area contributed by atoms with E-state index in [9.17, 15) is 9.59 Å². The molecule has 7 nitrogen and oxygen atoms in total. The Morgan fingerprint density at radius 1 is 1.06 bits per heavy atom. The number of piperazine rings is 1. The van der Waals surface area contributed by atoms with Crippen molar-refractivity contribution < 1.29 is 14.3 Å². The Kier molecular flexibility index (Phi) is 9.62. The Balaban J connectivity index is 1.30. The van der Waals surface area contributed by atoms with Gasteiger partial charge in [0.2, 0.25) is 11.8 Å². The lowest BCUT2D eigenvalue weighted by Gasteiger charge is -2.34. The van der Waals surface area contributed by atoms with Gasteiger partial charge in [0.15, 0.2) is 0 Å². The zero-order valence-corrected chi connectivity index (χ0v) is 18.9. The van der Waals surface area contributed by atoms with Crippen LogP contribution in [0.1, 0.15) is 32.6 Å². The Morgan fingerprint density at radius 3 is 2.55 bits per heavy atom. The Labute approximate surface area is 186 Å². The highest BCUT2D eigenvalue weighted by Crippen LogP contribution is 2.18. The minimum absolute atomic E-state index is 0.0691. The van der Waals surface area contributed by atoms with Crippen LogP contribution in [-0.4, -0.2) is 92.0 Å². The third-order valence-electron chi connectivity index (χ3n) is 6.34. The molecule has 2 amide bonds. The van der Waals surface area contributed by atoms with Gasteiger partial charge in [0, 0.05) is 45.8 Å². The fraction of sp³-hybridized carbons (Fsp3) is 0.667. The van der Waals surface area contributed by atoms with Crippen LogP contribution in [0.5, 0.6) is 5.75 Å². The SMILES string of the molecule is CCN1CCN(CCCNC(=O)C2CCCN(C(=O)CCOc3ccccc3)C2)CC1. The fourth-order valence-corrected chi connectivity index (χ4v) is 4.34. The van der Waals surface area contributed by atoms with Crippen molar-refractivity contribution in [3.63, 3.8) is 0 Å². The van der Waals surface area contributed by atoms with Crippen molar-refractivity contribution in [3.8, 4) is 5.75 Å². The summed E-state index contributed by atoms with van der Waals surface area (Å²) in [6.07, 6.45) is 3.05. The zero-order valence-electron chi connectivity index (χ0n) is 18.9. The summed E-state index contributed by atoms with van der Waals surface area (Å²) in [5.41, 5.74) is 0. The lowest BCUT2D eigenvalue weighted by atomic mass is 9.97. The predicted molar refractivity (Wildman–Crippen MR) is 122 cm³/mol. The van der Waals surface area contributed by atoms with Crippen LogP contribution in [0.2, 0.25) is 0 Å². The maximum atomic E-state index is 12.6. The van der Waals surface area contributed by atoms with E-state index in [4.69, 9.17) is 4.74 Å². The quantitative estimate of drug-likeness (QED) is 0.574. The number of para-hydroxylation sites is 1. The molecule has 1 aromatic carbocycles. The molecule has 1 N–H and O–H groups in total. The number of carbonyl (C=O) groups excluding carboxylic acids is 2. The lowest BCUT2D eigenvalue weighted by molar-refractivity contribution is -0.136. The summed E-state index contributed by atoms with van der Waals surface area (Å²) in [7, 11) is 0. The number of likely N-dealkylation sites (N-methyl/N-ethyl adjacent to an activating group) is 1. The average Bonchev–Trinajstić information content (AvgIpc) is 2.82. The van der Waals surface area contributed by atoms with Crippen LogP contribution in [0.4, 0.5) is 0 Å². The molecular weight excluding hydrogens is 392 g/mol. The van der Waals surface area contributed by atoms with Gasteiger partial charge < -0.3 is 24.8 Å². The van der Waals surface area contributed by atoms with Gasteiger partial charge >= 0.3 is 0 Å². The summed E-state index contributed by atoms with van der Waals surface area (Å²) in [6, 6.07) is 9.53. The molecule has 7 heteroatoms. The first-order valence-corrected chi connectivity index (χ1v) is 11.8. The van der Waals surface area contributed by atoms with E-state index < -0.39 is 0 Å². The molecule has 0 aliphatic carbocycles. The average molecular weight is 431 g/mol. The number of nitrogens with zero attached hydrogens (tertiary/aromatic N) is 3. The smallest absolute Gasteiger partial charge is 0.226 e. The number of piperidine rings is 1. The molecule has 1 atom stereocenters. The molecule has 2 aliphatic heterocycles. The second kappa shape index (κ2) is 12.7. The van der Waals surface area contributed by atoms with Gasteiger partial charge in [-0.15, -0.1) is 0 Å². The third-order valence-corrected chi connectivity index (χ3v) is 6.34. The molecule has 0 radical (unpaired) electrons. The number of rotatable bonds is 10. The molecule has 1 unspecified atom stereocenters. The standard InChI is InChI=1S/C24H38N4O3/c1-2-26-15-17-27(18-16-26)13-7-12-25-24(30)21-8-6-14-28(20-21)23(29)11-19-31-22-9-4-3-5-10-22/h3-5,9-10,21H,2,6-8,11-20H2,1H3,(H,25,30). The summed E-state index contributed by atoms with van der Waals surface area (Å²) < 4.78 is 5.64. The molecule has 2 fully saturated rings. The van der Waals surface area contributed by atoms with Crippen LogP contribution < -0.4 is 10.1 Å². The highest BCUT2D eigenvalue weighted by atomic mass is 16.5. The summed E-state index contributed by atoms with van der Waals surface area (Å²) in [5.74, 6) is 0.841. The van der Waals surface area contributed by atoms with Crippen molar-refractivity contribution in [1.29, 1.82) is 0 Å². The first-order chi connectivity index (χ1) is 15.2. The molecule has 3 rings (SSSR count). The van der Waals surface area contributed by atoms with Crippen LogP contribution in [0, 0.1) is 5.92 Å². The predicted octanol–water partition coefficient (Wildman–Crippen LogP) is 1.84. The largest absolute Gasteiger partial charge is 0.493 e. The first kappa shape index (κ1) is 23.5. The molecule has 0 aromatic heterocycles. The van der Waals surface area contributed by atoms with E-state index in [0.717, 1.165) is 70.8 Å². The topological polar surface area (TPSA) is 65.1 Å². The van der Waals surface area contributed by atoms with Gasteiger partial charge in [-0.05, 0) is 44.5 Å². The van der Waals surface area contributed by atoms with E-state index in [2.05, 4.69) is 22.0 Å². The summed E-state index contributed by atoms with van der Waals surface area (Å²) in [4.78, 5) is 31.9. The van der Waals surface area contributed by atoms with Gasteiger partial charge in [0.1, 0.15) is 5.75 Å². The molecule has 172 valence electrons. The number of benzene rings is 1. The van der Waals surface area contributed by atoms with Crippen LogP contribution in [0.15, 0.2) is 30.3 Å². The van der Waals surface area contributed by atoms with Crippen LogP contribution in [-0.2, 0) is 9.59 Å².